The molecule has 1 amide bonds. The SMILES string of the molecule is CC(NC(=O)COc1ncnc2sc3c(c12)CCC3)c1ccc(Cl)cc1. The smallest absolute Gasteiger partial charge is 0.258 e. The fourth-order valence-corrected chi connectivity index (χ4v) is 4.61. The Bertz CT molecular complexity index is 955. The molecule has 1 N–H and O–H groups in total. The summed E-state index contributed by atoms with van der Waals surface area (Å²) in [6, 6.07) is 7.29. The van der Waals surface area contributed by atoms with E-state index in [1.54, 1.807) is 11.3 Å². The molecule has 1 atom stereocenters. The Balaban J connectivity index is 1.43. The molecule has 0 spiro atoms. The van der Waals surface area contributed by atoms with Crippen LogP contribution in [0.25, 0.3) is 10.2 Å². The highest BCUT2D eigenvalue weighted by molar-refractivity contribution is 7.18. The molecule has 1 aliphatic rings. The Morgan fingerprint density at radius 3 is 2.92 bits per heavy atom. The first-order valence-corrected chi connectivity index (χ1v) is 9.74. The van der Waals surface area contributed by atoms with Gasteiger partial charge in [-0.2, -0.15) is 0 Å². The van der Waals surface area contributed by atoms with Crippen LogP contribution in [0.1, 0.15) is 35.4 Å². The molecule has 3 aromatic rings. The van der Waals surface area contributed by atoms with Crippen molar-refractivity contribution in [1.82, 2.24) is 15.3 Å². The zero-order valence-corrected chi connectivity index (χ0v) is 15.9. The first-order chi connectivity index (χ1) is 12.6. The predicted molar refractivity (Wildman–Crippen MR) is 103 cm³/mol. The lowest BCUT2D eigenvalue weighted by molar-refractivity contribution is -0.123. The van der Waals surface area contributed by atoms with Crippen molar-refractivity contribution in [3.63, 3.8) is 0 Å². The molecule has 0 aliphatic heterocycles. The molecule has 4 rings (SSSR count). The van der Waals surface area contributed by atoms with E-state index in [-0.39, 0.29) is 18.6 Å². The number of benzene rings is 1. The first kappa shape index (κ1) is 17.2. The van der Waals surface area contributed by atoms with Gasteiger partial charge in [-0.05, 0) is 49.4 Å². The van der Waals surface area contributed by atoms with Gasteiger partial charge in [0.25, 0.3) is 5.91 Å². The number of fused-ring (bicyclic) bond motifs is 3. The van der Waals surface area contributed by atoms with E-state index in [1.807, 2.05) is 31.2 Å². The number of hydrogen-bond donors (Lipinski definition) is 1. The highest BCUT2D eigenvalue weighted by atomic mass is 35.5. The molecule has 0 bridgehead atoms. The van der Waals surface area contributed by atoms with Gasteiger partial charge in [-0.15, -0.1) is 11.3 Å². The quantitative estimate of drug-likeness (QED) is 0.716. The maximum absolute atomic E-state index is 12.3. The number of amides is 1. The largest absolute Gasteiger partial charge is 0.467 e. The highest BCUT2D eigenvalue weighted by Crippen LogP contribution is 2.39. The highest BCUT2D eigenvalue weighted by Gasteiger charge is 2.22. The minimum atomic E-state index is -0.189. The summed E-state index contributed by atoms with van der Waals surface area (Å²) in [5.41, 5.74) is 2.28. The Labute approximate surface area is 160 Å². The third kappa shape index (κ3) is 3.39. The van der Waals surface area contributed by atoms with Crippen molar-refractivity contribution >= 4 is 39.1 Å². The summed E-state index contributed by atoms with van der Waals surface area (Å²) >= 11 is 7.60. The van der Waals surface area contributed by atoms with Gasteiger partial charge in [0.1, 0.15) is 11.2 Å². The lowest BCUT2D eigenvalue weighted by Crippen LogP contribution is -2.31. The van der Waals surface area contributed by atoms with Crippen molar-refractivity contribution < 1.29 is 9.53 Å². The second kappa shape index (κ2) is 7.21. The maximum atomic E-state index is 12.3. The second-order valence-electron chi connectivity index (χ2n) is 6.35. The zero-order chi connectivity index (χ0) is 18.1. The maximum Gasteiger partial charge on any atom is 0.258 e. The van der Waals surface area contributed by atoms with Gasteiger partial charge < -0.3 is 10.1 Å². The summed E-state index contributed by atoms with van der Waals surface area (Å²) in [5, 5.41) is 4.58. The van der Waals surface area contributed by atoms with Crippen LogP contribution < -0.4 is 10.1 Å². The normalized spacial score (nSPS) is 14.2. The molecule has 26 heavy (non-hydrogen) atoms. The molecule has 1 aromatic carbocycles. The number of aromatic nitrogens is 2. The third-order valence-corrected chi connectivity index (χ3v) is 6.01. The Morgan fingerprint density at radius 2 is 2.12 bits per heavy atom. The van der Waals surface area contributed by atoms with Crippen molar-refractivity contribution in [2.45, 2.75) is 32.2 Å². The van der Waals surface area contributed by atoms with Crippen molar-refractivity contribution in [3.05, 3.63) is 51.6 Å². The molecule has 0 saturated carbocycles. The van der Waals surface area contributed by atoms with Crippen molar-refractivity contribution in [3.8, 4) is 5.88 Å². The van der Waals surface area contributed by atoms with Crippen LogP contribution in [0.4, 0.5) is 0 Å². The van der Waals surface area contributed by atoms with Crippen LogP contribution >= 0.6 is 22.9 Å². The van der Waals surface area contributed by atoms with E-state index in [1.165, 1.54) is 16.8 Å². The molecule has 5 nitrogen and oxygen atoms in total. The lowest BCUT2D eigenvalue weighted by Gasteiger charge is -2.15. The van der Waals surface area contributed by atoms with Gasteiger partial charge >= 0.3 is 0 Å². The average molecular weight is 388 g/mol. The van der Waals surface area contributed by atoms with E-state index in [0.717, 1.165) is 35.0 Å². The van der Waals surface area contributed by atoms with Crippen LogP contribution in [0.15, 0.2) is 30.6 Å². The van der Waals surface area contributed by atoms with Gasteiger partial charge in [0.05, 0.1) is 11.4 Å². The van der Waals surface area contributed by atoms with Gasteiger partial charge in [0.2, 0.25) is 5.88 Å². The number of hydrogen-bond acceptors (Lipinski definition) is 5. The number of nitrogens with one attached hydrogen (secondary N) is 1. The van der Waals surface area contributed by atoms with Gasteiger partial charge in [-0.3, -0.25) is 4.79 Å². The molecule has 134 valence electrons. The van der Waals surface area contributed by atoms with E-state index in [2.05, 4.69) is 15.3 Å². The van der Waals surface area contributed by atoms with Crippen LogP contribution in [0, 0.1) is 0 Å². The number of carbonyl (C=O) groups is 1. The minimum Gasteiger partial charge on any atom is -0.467 e. The van der Waals surface area contributed by atoms with E-state index in [4.69, 9.17) is 16.3 Å². The fraction of sp³-hybridized carbons (Fsp3) is 0.316. The monoisotopic (exact) mass is 387 g/mol. The topological polar surface area (TPSA) is 64.1 Å². The molecule has 0 fully saturated rings. The average Bonchev–Trinajstić information content (AvgIpc) is 3.21. The van der Waals surface area contributed by atoms with Crippen LogP contribution in [-0.4, -0.2) is 22.5 Å². The summed E-state index contributed by atoms with van der Waals surface area (Å²) in [5.74, 6) is 0.315. The fourth-order valence-electron chi connectivity index (χ4n) is 3.26. The predicted octanol–water partition coefficient (Wildman–Crippen LogP) is 4.09. The van der Waals surface area contributed by atoms with Gasteiger partial charge in [-0.25, -0.2) is 9.97 Å². The van der Waals surface area contributed by atoms with Crippen LogP contribution in [0.5, 0.6) is 5.88 Å². The van der Waals surface area contributed by atoms with E-state index < -0.39 is 0 Å². The summed E-state index contributed by atoms with van der Waals surface area (Å²) < 4.78 is 5.74. The summed E-state index contributed by atoms with van der Waals surface area (Å²) in [4.78, 5) is 23.2. The van der Waals surface area contributed by atoms with E-state index >= 15 is 0 Å². The molecular formula is C19H18ClN3O2S. The number of rotatable bonds is 5. The van der Waals surface area contributed by atoms with Crippen molar-refractivity contribution in [2.75, 3.05) is 6.61 Å². The Morgan fingerprint density at radius 1 is 1.31 bits per heavy atom. The standard InChI is InChI=1S/C19H18ClN3O2S/c1-11(12-5-7-13(20)8-6-12)23-16(24)9-25-18-17-14-3-2-4-15(14)26-19(17)22-10-21-18/h5-8,10-11H,2-4,9H2,1H3,(H,23,24). The first-order valence-electron chi connectivity index (χ1n) is 8.54. The van der Waals surface area contributed by atoms with Crippen LogP contribution in [0.3, 0.4) is 0 Å². The molecule has 7 heteroatoms. The molecule has 1 unspecified atom stereocenters. The number of carbonyl (C=O) groups excluding carboxylic acids is 1. The molecule has 2 heterocycles. The van der Waals surface area contributed by atoms with E-state index in [0.29, 0.717) is 10.9 Å². The summed E-state index contributed by atoms with van der Waals surface area (Å²) in [6.45, 7) is 1.85. The zero-order valence-electron chi connectivity index (χ0n) is 14.3. The Hall–Kier alpha value is -2.18. The summed E-state index contributed by atoms with van der Waals surface area (Å²) in [7, 11) is 0. The molecule has 0 saturated heterocycles. The number of thiophene rings is 1. The second-order valence-corrected chi connectivity index (χ2v) is 7.87. The number of nitrogens with zero attached hydrogens (tertiary/aromatic N) is 2. The van der Waals surface area contributed by atoms with Gasteiger partial charge in [-0.1, -0.05) is 23.7 Å². The van der Waals surface area contributed by atoms with Crippen molar-refractivity contribution in [2.24, 2.45) is 0 Å². The molecular weight excluding hydrogens is 370 g/mol. The third-order valence-electron chi connectivity index (χ3n) is 4.55. The van der Waals surface area contributed by atoms with Gasteiger partial charge in [0.15, 0.2) is 6.61 Å². The van der Waals surface area contributed by atoms with Crippen molar-refractivity contribution in [1.29, 1.82) is 0 Å². The lowest BCUT2D eigenvalue weighted by atomic mass is 10.1. The molecule has 1 aliphatic carbocycles. The van der Waals surface area contributed by atoms with Crippen LogP contribution in [0.2, 0.25) is 5.02 Å². The van der Waals surface area contributed by atoms with Gasteiger partial charge in [0, 0.05) is 9.90 Å². The van der Waals surface area contributed by atoms with Crippen LogP contribution in [-0.2, 0) is 17.6 Å². The molecule has 0 radical (unpaired) electrons. The summed E-state index contributed by atoms with van der Waals surface area (Å²) in [6.07, 6.45) is 4.77. The number of halogens is 1. The Kier molecular flexibility index (Phi) is 4.78. The van der Waals surface area contributed by atoms with E-state index in [9.17, 15) is 4.79 Å². The number of aryl methyl sites for hydroxylation is 2. The molecule has 2 aromatic heterocycles. The number of ether oxygens (including phenoxy) is 1. The minimum absolute atomic E-state index is 0.0747.